The van der Waals surface area contributed by atoms with Gasteiger partial charge in [-0.25, -0.2) is 0 Å². The van der Waals surface area contributed by atoms with E-state index in [1.165, 1.54) is 6.42 Å². The molecule has 96 valence electrons. The van der Waals surface area contributed by atoms with Crippen molar-refractivity contribution < 1.29 is 0 Å². The molecule has 0 saturated carbocycles. The van der Waals surface area contributed by atoms with Crippen LogP contribution in [0.2, 0.25) is 0 Å². The zero-order valence-corrected chi connectivity index (χ0v) is 11.1. The second-order valence-electron chi connectivity index (χ2n) is 5.07. The minimum absolute atomic E-state index is 0.721. The highest BCUT2D eigenvalue weighted by molar-refractivity contribution is 5.96. The largest absolute Gasteiger partial charge is 0.396 e. The summed E-state index contributed by atoms with van der Waals surface area (Å²) in [4.78, 5) is 4.33. The molecule has 3 nitrogen and oxygen atoms in total. The number of hydrogen-bond donors (Lipinski definition) is 2. The zero-order chi connectivity index (χ0) is 13.0. The lowest BCUT2D eigenvalue weighted by Crippen LogP contribution is -2.06. The Morgan fingerprint density at radius 2 is 2.06 bits per heavy atom. The van der Waals surface area contributed by atoms with E-state index in [0.29, 0.717) is 0 Å². The number of hydrogen-bond acceptors (Lipinski definition) is 3. The van der Waals surface area contributed by atoms with Crippen LogP contribution in [0.5, 0.6) is 0 Å². The first-order chi connectivity index (χ1) is 8.68. The van der Waals surface area contributed by atoms with E-state index >= 15 is 0 Å². The molecule has 0 aliphatic heterocycles. The maximum atomic E-state index is 6.00. The third kappa shape index (κ3) is 2.92. The van der Waals surface area contributed by atoms with Gasteiger partial charge in [-0.3, -0.25) is 4.98 Å². The maximum absolute atomic E-state index is 6.00. The van der Waals surface area contributed by atoms with Crippen LogP contribution < -0.4 is 11.1 Å². The Kier molecular flexibility index (Phi) is 4.03. The van der Waals surface area contributed by atoms with Crippen LogP contribution in [-0.2, 0) is 0 Å². The van der Waals surface area contributed by atoms with Gasteiger partial charge in [-0.1, -0.05) is 32.0 Å². The van der Waals surface area contributed by atoms with Crippen LogP contribution in [-0.4, -0.2) is 11.5 Å². The summed E-state index contributed by atoms with van der Waals surface area (Å²) in [6, 6.07) is 8.08. The molecule has 0 aliphatic carbocycles. The first-order valence-electron chi connectivity index (χ1n) is 6.55. The number of aromatic nitrogens is 1. The Morgan fingerprint density at radius 1 is 1.28 bits per heavy atom. The number of fused-ring (bicyclic) bond motifs is 1. The van der Waals surface area contributed by atoms with Crippen LogP contribution >= 0.6 is 0 Å². The lowest BCUT2D eigenvalue weighted by atomic mass is 10.1. The van der Waals surface area contributed by atoms with Gasteiger partial charge in [-0.2, -0.15) is 0 Å². The summed E-state index contributed by atoms with van der Waals surface area (Å²) in [5.74, 6) is 0.748. The topological polar surface area (TPSA) is 50.9 Å². The highest BCUT2D eigenvalue weighted by atomic mass is 14.9. The second-order valence-corrected chi connectivity index (χ2v) is 5.07. The molecule has 0 unspecified atom stereocenters. The smallest absolute Gasteiger partial charge is 0.0743 e. The fourth-order valence-electron chi connectivity index (χ4n) is 2.08. The molecule has 0 aliphatic rings. The van der Waals surface area contributed by atoms with Crippen LogP contribution in [0.15, 0.2) is 30.5 Å². The van der Waals surface area contributed by atoms with Gasteiger partial charge in [0.25, 0.3) is 0 Å². The Hall–Kier alpha value is -1.77. The SMILES string of the molecule is CC(C)CCCNc1c(N)cnc2ccccc12. The van der Waals surface area contributed by atoms with Crippen LogP contribution in [0.1, 0.15) is 26.7 Å². The van der Waals surface area contributed by atoms with Gasteiger partial charge in [0.15, 0.2) is 0 Å². The number of pyridine rings is 1. The number of anilines is 2. The molecular weight excluding hydrogens is 222 g/mol. The van der Waals surface area contributed by atoms with Gasteiger partial charge in [0.1, 0.15) is 0 Å². The molecule has 18 heavy (non-hydrogen) atoms. The third-order valence-electron chi connectivity index (χ3n) is 3.06. The number of nitrogens with two attached hydrogens (primary N) is 1. The van der Waals surface area contributed by atoms with Gasteiger partial charge in [0, 0.05) is 11.9 Å². The molecule has 0 fully saturated rings. The molecule has 0 radical (unpaired) electrons. The number of rotatable bonds is 5. The van der Waals surface area contributed by atoms with E-state index in [0.717, 1.165) is 41.2 Å². The average Bonchev–Trinajstić information content (AvgIpc) is 2.36. The van der Waals surface area contributed by atoms with Crippen molar-refractivity contribution in [3.05, 3.63) is 30.5 Å². The number of nitrogen functional groups attached to an aromatic ring is 1. The van der Waals surface area contributed by atoms with E-state index in [1.807, 2.05) is 18.2 Å². The number of nitrogens with zero attached hydrogens (tertiary/aromatic N) is 1. The number of para-hydroxylation sites is 1. The van der Waals surface area contributed by atoms with Gasteiger partial charge in [-0.05, 0) is 24.8 Å². The predicted molar refractivity (Wildman–Crippen MR) is 78.7 cm³/mol. The summed E-state index contributed by atoms with van der Waals surface area (Å²) in [5.41, 5.74) is 8.73. The molecule has 3 N–H and O–H groups in total. The van der Waals surface area contributed by atoms with Gasteiger partial charge in [0.2, 0.25) is 0 Å². The third-order valence-corrected chi connectivity index (χ3v) is 3.06. The first kappa shape index (κ1) is 12.7. The Bertz CT molecular complexity index is 520. The van der Waals surface area contributed by atoms with Crippen LogP contribution in [0.25, 0.3) is 10.9 Å². The van der Waals surface area contributed by atoms with Crippen molar-refractivity contribution in [3.8, 4) is 0 Å². The molecule has 0 spiro atoms. The maximum Gasteiger partial charge on any atom is 0.0743 e. The summed E-state index contributed by atoms with van der Waals surface area (Å²) in [6.07, 6.45) is 4.12. The van der Waals surface area contributed by atoms with Crippen LogP contribution in [0, 0.1) is 5.92 Å². The Morgan fingerprint density at radius 3 is 2.83 bits per heavy atom. The van der Waals surface area contributed by atoms with E-state index in [9.17, 15) is 0 Å². The number of nitrogens with one attached hydrogen (secondary N) is 1. The van der Waals surface area contributed by atoms with Crippen molar-refractivity contribution in [2.24, 2.45) is 5.92 Å². The molecular formula is C15H21N3. The predicted octanol–water partition coefficient (Wildman–Crippen LogP) is 3.67. The molecule has 1 aromatic heterocycles. The molecule has 0 amide bonds. The summed E-state index contributed by atoms with van der Waals surface area (Å²) in [6.45, 7) is 5.45. The van der Waals surface area contributed by atoms with Crippen molar-refractivity contribution in [3.63, 3.8) is 0 Å². The summed E-state index contributed by atoms with van der Waals surface area (Å²) >= 11 is 0. The van der Waals surface area contributed by atoms with Crippen molar-refractivity contribution >= 4 is 22.3 Å². The molecule has 3 heteroatoms. The van der Waals surface area contributed by atoms with Crippen molar-refractivity contribution in [2.45, 2.75) is 26.7 Å². The lowest BCUT2D eigenvalue weighted by Gasteiger charge is -2.12. The molecule has 0 saturated heterocycles. The number of benzene rings is 1. The molecule has 0 bridgehead atoms. The standard InChI is InChI=1S/C15H21N3/c1-11(2)6-5-9-17-15-12-7-3-4-8-14(12)18-10-13(15)16/h3-4,7-8,10-11H,5-6,9,16H2,1-2H3,(H,17,18). The fourth-order valence-corrected chi connectivity index (χ4v) is 2.08. The monoisotopic (exact) mass is 243 g/mol. The normalized spacial score (nSPS) is 11.1. The molecule has 1 heterocycles. The van der Waals surface area contributed by atoms with E-state index in [4.69, 9.17) is 5.73 Å². The molecule has 1 aromatic carbocycles. The van der Waals surface area contributed by atoms with Gasteiger partial charge < -0.3 is 11.1 Å². The quantitative estimate of drug-likeness (QED) is 0.788. The first-order valence-corrected chi connectivity index (χ1v) is 6.55. The van der Waals surface area contributed by atoms with Crippen molar-refractivity contribution in [2.75, 3.05) is 17.6 Å². The Labute approximate surface area is 108 Å². The van der Waals surface area contributed by atoms with E-state index in [-0.39, 0.29) is 0 Å². The molecule has 0 atom stereocenters. The summed E-state index contributed by atoms with van der Waals surface area (Å²) in [5, 5.41) is 4.55. The van der Waals surface area contributed by atoms with Crippen molar-refractivity contribution in [1.29, 1.82) is 0 Å². The summed E-state index contributed by atoms with van der Waals surface area (Å²) in [7, 11) is 0. The van der Waals surface area contributed by atoms with Crippen LogP contribution in [0.4, 0.5) is 11.4 Å². The second kappa shape index (κ2) is 5.71. The van der Waals surface area contributed by atoms with E-state index in [2.05, 4.69) is 30.2 Å². The minimum Gasteiger partial charge on any atom is -0.396 e. The molecule has 2 aromatic rings. The van der Waals surface area contributed by atoms with Gasteiger partial charge >= 0.3 is 0 Å². The van der Waals surface area contributed by atoms with Gasteiger partial charge in [0.05, 0.1) is 23.1 Å². The average molecular weight is 243 g/mol. The lowest BCUT2D eigenvalue weighted by molar-refractivity contribution is 0.567. The minimum atomic E-state index is 0.721. The van der Waals surface area contributed by atoms with Gasteiger partial charge in [-0.15, -0.1) is 0 Å². The van der Waals surface area contributed by atoms with Crippen LogP contribution in [0.3, 0.4) is 0 Å². The van der Waals surface area contributed by atoms with Crippen molar-refractivity contribution in [1.82, 2.24) is 4.98 Å². The molecule has 2 rings (SSSR count). The highest BCUT2D eigenvalue weighted by Crippen LogP contribution is 2.27. The summed E-state index contributed by atoms with van der Waals surface area (Å²) < 4.78 is 0. The Balaban J connectivity index is 2.14. The fraction of sp³-hybridized carbons (Fsp3) is 0.400. The van der Waals surface area contributed by atoms with E-state index < -0.39 is 0 Å². The van der Waals surface area contributed by atoms with E-state index in [1.54, 1.807) is 6.20 Å². The zero-order valence-electron chi connectivity index (χ0n) is 11.1. The highest BCUT2D eigenvalue weighted by Gasteiger charge is 2.05.